The summed E-state index contributed by atoms with van der Waals surface area (Å²) >= 11 is 0. The van der Waals surface area contributed by atoms with Gasteiger partial charge < -0.3 is 20.6 Å². The lowest BCUT2D eigenvalue weighted by atomic mass is 10.1. The number of aromatic hydroxyl groups is 3. The van der Waals surface area contributed by atoms with Gasteiger partial charge in [-0.3, -0.25) is 0 Å². The number of para-hydroxylation sites is 1. The largest absolute Gasteiger partial charge is 0.508 e. The zero-order valence-electron chi connectivity index (χ0n) is 13.2. The highest BCUT2D eigenvalue weighted by Crippen LogP contribution is 2.28. The molecule has 23 heavy (non-hydrogen) atoms. The lowest BCUT2D eigenvalue weighted by molar-refractivity contribution is 0.398. The lowest BCUT2D eigenvalue weighted by Crippen LogP contribution is -2.28. The number of phenols is 3. The van der Waals surface area contributed by atoms with Crippen LogP contribution in [-0.4, -0.2) is 27.9 Å². The summed E-state index contributed by atoms with van der Waals surface area (Å²) in [5.41, 5.74) is 1.95. The number of benzene rings is 2. The Morgan fingerprint density at radius 3 is 2.35 bits per heavy atom. The molecule has 0 spiro atoms. The van der Waals surface area contributed by atoms with Gasteiger partial charge in [0.25, 0.3) is 0 Å². The van der Waals surface area contributed by atoms with Gasteiger partial charge >= 0.3 is 0 Å². The molecule has 1 atom stereocenters. The molecule has 5 heteroatoms. The van der Waals surface area contributed by atoms with Gasteiger partial charge in [-0.05, 0) is 62.1 Å². The Hall–Kier alpha value is -1.91. The quantitative estimate of drug-likeness (QED) is 0.584. The van der Waals surface area contributed by atoms with Crippen LogP contribution in [0.15, 0.2) is 42.5 Å². The van der Waals surface area contributed by atoms with E-state index in [1.54, 1.807) is 18.2 Å². The summed E-state index contributed by atoms with van der Waals surface area (Å²) in [7, 11) is 0. The first kappa shape index (κ1) is 19.1. The monoisotopic (exact) mass is 337 g/mol. The van der Waals surface area contributed by atoms with Crippen molar-refractivity contribution in [1.82, 2.24) is 5.32 Å². The second kappa shape index (κ2) is 9.28. The van der Waals surface area contributed by atoms with Crippen molar-refractivity contribution in [3.05, 3.63) is 53.6 Å². The summed E-state index contributed by atoms with van der Waals surface area (Å²) in [4.78, 5) is 0. The number of hydrogen-bond donors (Lipinski definition) is 4. The number of rotatable bonds is 7. The van der Waals surface area contributed by atoms with Crippen molar-refractivity contribution < 1.29 is 15.3 Å². The third-order valence-electron chi connectivity index (χ3n) is 3.79. The van der Waals surface area contributed by atoms with E-state index in [1.807, 2.05) is 18.2 Å². The maximum atomic E-state index is 9.74. The minimum absolute atomic E-state index is 0. The van der Waals surface area contributed by atoms with Gasteiger partial charge in [0.2, 0.25) is 0 Å². The zero-order chi connectivity index (χ0) is 15.9. The number of halogens is 1. The van der Waals surface area contributed by atoms with Crippen LogP contribution in [0.25, 0.3) is 0 Å². The van der Waals surface area contributed by atoms with Gasteiger partial charge in [0, 0.05) is 6.04 Å². The summed E-state index contributed by atoms with van der Waals surface area (Å²) < 4.78 is 0. The topological polar surface area (TPSA) is 72.7 Å². The Kier molecular flexibility index (Phi) is 7.72. The molecule has 0 aromatic heterocycles. The predicted molar refractivity (Wildman–Crippen MR) is 94.6 cm³/mol. The van der Waals surface area contributed by atoms with E-state index in [-0.39, 0.29) is 23.9 Å². The molecule has 0 heterocycles. The molecule has 2 aromatic rings. The number of phenolic OH excluding ortho intramolecular Hbond substituents is 3. The van der Waals surface area contributed by atoms with Crippen molar-refractivity contribution >= 4 is 12.4 Å². The van der Waals surface area contributed by atoms with E-state index in [4.69, 9.17) is 0 Å². The van der Waals surface area contributed by atoms with Crippen LogP contribution >= 0.6 is 12.4 Å². The summed E-state index contributed by atoms with van der Waals surface area (Å²) in [6.45, 7) is 2.87. The van der Waals surface area contributed by atoms with Gasteiger partial charge in [0.15, 0.2) is 11.5 Å². The third kappa shape index (κ3) is 6.00. The van der Waals surface area contributed by atoms with Crippen LogP contribution in [0, 0.1) is 0 Å². The number of aryl methyl sites for hydroxylation is 1. The SMILES string of the molecule is CC(CCc1ccc(O)cc1)NCCc1cccc(O)c1O.Cl. The molecule has 0 amide bonds. The highest BCUT2D eigenvalue weighted by Gasteiger charge is 2.07. The van der Waals surface area contributed by atoms with Gasteiger partial charge in [0.05, 0.1) is 0 Å². The summed E-state index contributed by atoms with van der Waals surface area (Å²) in [5.74, 6) is 0.194. The Bertz CT molecular complexity index is 602. The molecule has 0 aliphatic carbocycles. The van der Waals surface area contributed by atoms with E-state index in [0.29, 0.717) is 18.2 Å². The van der Waals surface area contributed by atoms with Crippen molar-refractivity contribution in [1.29, 1.82) is 0 Å². The molecule has 0 saturated carbocycles. The first-order chi connectivity index (χ1) is 10.6. The highest BCUT2D eigenvalue weighted by molar-refractivity contribution is 5.85. The first-order valence-corrected chi connectivity index (χ1v) is 7.57. The van der Waals surface area contributed by atoms with Crippen LogP contribution < -0.4 is 5.32 Å². The highest BCUT2D eigenvalue weighted by atomic mass is 35.5. The van der Waals surface area contributed by atoms with Gasteiger partial charge in [-0.1, -0.05) is 24.3 Å². The van der Waals surface area contributed by atoms with Crippen LogP contribution in [0.5, 0.6) is 17.2 Å². The van der Waals surface area contributed by atoms with Crippen molar-refractivity contribution in [2.75, 3.05) is 6.54 Å². The third-order valence-corrected chi connectivity index (χ3v) is 3.79. The van der Waals surface area contributed by atoms with E-state index in [1.165, 1.54) is 11.6 Å². The van der Waals surface area contributed by atoms with Crippen LogP contribution in [0.4, 0.5) is 0 Å². The van der Waals surface area contributed by atoms with Crippen molar-refractivity contribution in [2.45, 2.75) is 32.2 Å². The van der Waals surface area contributed by atoms with Gasteiger partial charge in [-0.15, -0.1) is 12.4 Å². The smallest absolute Gasteiger partial charge is 0.160 e. The Balaban J connectivity index is 0.00000264. The maximum Gasteiger partial charge on any atom is 0.160 e. The van der Waals surface area contributed by atoms with E-state index in [9.17, 15) is 15.3 Å². The fourth-order valence-corrected chi connectivity index (χ4v) is 2.38. The molecule has 2 rings (SSSR count). The summed E-state index contributed by atoms with van der Waals surface area (Å²) in [6, 6.07) is 12.7. The second-order valence-corrected chi connectivity index (χ2v) is 5.60. The van der Waals surface area contributed by atoms with Crippen molar-refractivity contribution in [3.8, 4) is 17.2 Å². The molecular weight excluding hydrogens is 314 g/mol. The molecule has 0 radical (unpaired) electrons. The van der Waals surface area contributed by atoms with Gasteiger partial charge in [-0.2, -0.15) is 0 Å². The van der Waals surface area contributed by atoms with Gasteiger partial charge in [0.1, 0.15) is 5.75 Å². The van der Waals surface area contributed by atoms with E-state index >= 15 is 0 Å². The molecule has 0 bridgehead atoms. The molecule has 1 unspecified atom stereocenters. The predicted octanol–water partition coefficient (Wildman–Crippen LogP) is 3.38. The van der Waals surface area contributed by atoms with Crippen molar-refractivity contribution in [3.63, 3.8) is 0 Å². The molecule has 0 aliphatic rings. The molecule has 2 aromatic carbocycles. The maximum absolute atomic E-state index is 9.74. The molecule has 0 saturated heterocycles. The fourth-order valence-electron chi connectivity index (χ4n) is 2.38. The minimum Gasteiger partial charge on any atom is -0.508 e. The molecule has 0 fully saturated rings. The molecule has 126 valence electrons. The van der Waals surface area contributed by atoms with Crippen molar-refractivity contribution in [2.24, 2.45) is 0 Å². The standard InChI is InChI=1S/C18H23NO3.ClH/c1-13(5-6-14-7-9-16(20)10-8-14)19-12-11-15-3-2-4-17(21)18(15)22;/h2-4,7-10,13,19-22H,5-6,11-12H2,1H3;1H. The summed E-state index contributed by atoms with van der Waals surface area (Å²) in [5, 5.41) is 31.9. The second-order valence-electron chi connectivity index (χ2n) is 5.60. The lowest BCUT2D eigenvalue weighted by Gasteiger charge is -2.14. The van der Waals surface area contributed by atoms with E-state index in [2.05, 4.69) is 12.2 Å². The van der Waals surface area contributed by atoms with E-state index in [0.717, 1.165) is 24.9 Å². The average molecular weight is 338 g/mol. The van der Waals surface area contributed by atoms with Crippen LogP contribution in [0.2, 0.25) is 0 Å². The Morgan fingerprint density at radius 2 is 1.65 bits per heavy atom. The Morgan fingerprint density at radius 1 is 0.957 bits per heavy atom. The number of hydrogen-bond acceptors (Lipinski definition) is 4. The van der Waals surface area contributed by atoms with E-state index < -0.39 is 0 Å². The zero-order valence-corrected chi connectivity index (χ0v) is 14.0. The van der Waals surface area contributed by atoms with Crippen LogP contribution in [-0.2, 0) is 12.8 Å². The molecular formula is C18H24ClNO3. The molecule has 0 aliphatic heterocycles. The minimum atomic E-state index is -0.0714. The fraction of sp³-hybridized carbons (Fsp3) is 0.333. The first-order valence-electron chi connectivity index (χ1n) is 7.57. The average Bonchev–Trinajstić information content (AvgIpc) is 2.51. The summed E-state index contributed by atoms with van der Waals surface area (Å²) in [6.07, 6.45) is 2.62. The van der Waals surface area contributed by atoms with Gasteiger partial charge in [-0.25, -0.2) is 0 Å². The van der Waals surface area contributed by atoms with Crippen LogP contribution in [0.1, 0.15) is 24.5 Å². The van der Waals surface area contributed by atoms with Crippen LogP contribution in [0.3, 0.4) is 0 Å². The Labute approximate surface area is 143 Å². The normalized spacial score (nSPS) is 11.7. The molecule has 4 N–H and O–H groups in total. The number of nitrogens with one attached hydrogen (secondary N) is 1. The molecule has 4 nitrogen and oxygen atoms in total.